The van der Waals surface area contributed by atoms with Gasteiger partial charge in [0.2, 0.25) is 5.91 Å². The highest BCUT2D eigenvalue weighted by Gasteiger charge is 2.06. The first-order valence-electron chi connectivity index (χ1n) is 7.50. The molecule has 0 aliphatic carbocycles. The number of carbonyl (C=O) groups excluding carboxylic acids is 1. The average Bonchev–Trinajstić information content (AvgIpc) is 2.52. The van der Waals surface area contributed by atoms with Crippen LogP contribution in [0.1, 0.15) is 25.3 Å². The zero-order valence-electron chi connectivity index (χ0n) is 12.5. The molecule has 0 aliphatic rings. The second-order valence-electron chi connectivity index (χ2n) is 5.47. The van der Waals surface area contributed by atoms with Gasteiger partial charge in [-0.1, -0.05) is 31.2 Å². The molecule has 3 N–H and O–H groups in total. The highest BCUT2D eigenvalue weighted by Crippen LogP contribution is 2.16. The molecule has 4 nitrogen and oxygen atoms in total. The van der Waals surface area contributed by atoms with E-state index in [1.807, 2.05) is 12.1 Å². The first-order chi connectivity index (χ1) is 10.2. The van der Waals surface area contributed by atoms with E-state index in [9.17, 15) is 4.79 Å². The van der Waals surface area contributed by atoms with Crippen molar-refractivity contribution in [1.82, 2.24) is 10.3 Å². The number of nitrogens with two attached hydrogens (primary N) is 1. The first-order valence-corrected chi connectivity index (χ1v) is 7.50. The van der Waals surface area contributed by atoms with E-state index in [2.05, 4.69) is 35.4 Å². The number of fused-ring (bicyclic) bond motifs is 1. The maximum absolute atomic E-state index is 11.7. The lowest BCUT2D eigenvalue weighted by Gasteiger charge is -2.09. The summed E-state index contributed by atoms with van der Waals surface area (Å²) in [4.78, 5) is 16.2. The third-order valence-corrected chi connectivity index (χ3v) is 3.70. The summed E-state index contributed by atoms with van der Waals surface area (Å²) in [5.74, 6) is 0.501. The molecule has 0 fully saturated rings. The van der Waals surface area contributed by atoms with Crippen LogP contribution in [0, 0.1) is 5.92 Å². The van der Waals surface area contributed by atoms with Crippen molar-refractivity contribution in [1.29, 1.82) is 0 Å². The predicted molar refractivity (Wildman–Crippen MR) is 85.9 cm³/mol. The molecule has 1 aromatic heterocycles. The molecule has 1 atom stereocenters. The Labute approximate surface area is 125 Å². The molecule has 0 bridgehead atoms. The number of nitrogens with one attached hydrogen (secondary N) is 1. The van der Waals surface area contributed by atoms with E-state index in [0.717, 1.165) is 23.7 Å². The van der Waals surface area contributed by atoms with E-state index in [1.54, 1.807) is 6.20 Å². The minimum Gasteiger partial charge on any atom is -0.356 e. The molecule has 112 valence electrons. The summed E-state index contributed by atoms with van der Waals surface area (Å²) in [6.07, 6.45) is 4.00. The number of amides is 1. The van der Waals surface area contributed by atoms with Crippen LogP contribution in [0.25, 0.3) is 10.9 Å². The topological polar surface area (TPSA) is 68.0 Å². The van der Waals surface area contributed by atoms with Gasteiger partial charge in [0.15, 0.2) is 0 Å². The Morgan fingerprint density at radius 3 is 2.95 bits per heavy atom. The number of para-hydroxylation sites is 1. The summed E-state index contributed by atoms with van der Waals surface area (Å²) in [5.41, 5.74) is 7.74. The Hall–Kier alpha value is -1.94. The fourth-order valence-corrected chi connectivity index (χ4v) is 2.29. The zero-order valence-corrected chi connectivity index (χ0v) is 12.5. The van der Waals surface area contributed by atoms with Crippen molar-refractivity contribution in [3.8, 4) is 0 Å². The third kappa shape index (κ3) is 4.53. The molecule has 2 aromatic rings. The number of benzene rings is 1. The molecule has 0 aliphatic heterocycles. The van der Waals surface area contributed by atoms with Gasteiger partial charge in [-0.15, -0.1) is 0 Å². The number of aromatic nitrogens is 1. The second kappa shape index (κ2) is 7.74. The molecular weight excluding hydrogens is 262 g/mol. The van der Waals surface area contributed by atoms with Crippen molar-refractivity contribution in [2.45, 2.75) is 26.2 Å². The van der Waals surface area contributed by atoms with Crippen molar-refractivity contribution < 1.29 is 4.79 Å². The van der Waals surface area contributed by atoms with Crippen LogP contribution in [0.3, 0.4) is 0 Å². The monoisotopic (exact) mass is 285 g/mol. The zero-order chi connectivity index (χ0) is 15.1. The molecule has 0 radical (unpaired) electrons. The molecule has 1 unspecified atom stereocenters. The molecule has 0 spiro atoms. The predicted octanol–water partition coefficient (Wildman–Crippen LogP) is 2.27. The summed E-state index contributed by atoms with van der Waals surface area (Å²) in [5, 5.41) is 4.10. The normalized spacial score (nSPS) is 12.3. The summed E-state index contributed by atoms with van der Waals surface area (Å²) in [6.45, 7) is 3.34. The Balaban J connectivity index is 1.84. The Morgan fingerprint density at radius 2 is 2.14 bits per heavy atom. The van der Waals surface area contributed by atoms with Crippen LogP contribution >= 0.6 is 0 Å². The number of hydrogen-bond donors (Lipinski definition) is 2. The molecule has 1 aromatic carbocycles. The van der Waals surface area contributed by atoms with E-state index in [-0.39, 0.29) is 5.91 Å². The molecule has 1 heterocycles. The highest BCUT2D eigenvalue weighted by molar-refractivity contribution is 5.81. The minimum absolute atomic E-state index is 0.100. The van der Waals surface area contributed by atoms with Gasteiger partial charge in [-0.25, -0.2) is 0 Å². The van der Waals surface area contributed by atoms with Crippen LogP contribution in [0.15, 0.2) is 36.5 Å². The maximum Gasteiger partial charge on any atom is 0.220 e. The fourth-order valence-electron chi connectivity index (χ4n) is 2.29. The van der Waals surface area contributed by atoms with Gasteiger partial charge in [-0.3, -0.25) is 9.78 Å². The molecule has 0 saturated heterocycles. The summed E-state index contributed by atoms with van der Waals surface area (Å²) in [6, 6.07) is 10.1. The summed E-state index contributed by atoms with van der Waals surface area (Å²) < 4.78 is 0. The number of rotatable bonds is 7. The van der Waals surface area contributed by atoms with E-state index in [4.69, 9.17) is 5.73 Å². The van der Waals surface area contributed by atoms with Gasteiger partial charge in [0, 0.05) is 24.5 Å². The number of carbonyl (C=O) groups is 1. The van der Waals surface area contributed by atoms with Crippen molar-refractivity contribution in [3.05, 3.63) is 42.1 Å². The Morgan fingerprint density at radius 1 is 1.33 bits per heavy atom. The smallest absolute Gasteiger partial charge is 0.220 e. The Kier molecular flexibility index (Phi) is 5.69. The van der Waals surface area contributed by atoms with Crippen molar-refractivity contribution in [2.24, 2.45) is 11.7 Å². The molecule has 4 heteroatoms. The summed E-state index contributed by atoms with van der Waals surface area (Å²) in [7, 11) is 0. The van der Waals surface area contributed by atoms with Crippen LogP contribution in [0.4, 0.5) is 0 Å². The van der Waals surface area contributed by atoms with E-state index >= 15 is 0 Å². The van der Waals surface area contributed by atoms with Crippen LogP contribution in [-0.2, 0) is 11.2 Å². The van der Waals surface area contributed by atoms with Gasteiger partial charge >= 0.3 is 0 Å². The molecule has 1 amide bonds. The fraction of sp³-hybridized carbons (Fsp3) is 0.412. The lowest BCUT2D eigenvalue weighted by atomic mass is 10.1. The average molecular weight is 285 g/mol. The van der Waals surface area contributed by atoms with Crippen LogP contribution < -0.4 is 11.1 Å². The van der Waals surface area contributed by atoms with Gasteiger partial charge in [0.05, 0.1) is 5.52 Å². The van der Waals surface area contributed by atoms with Gasteiger partial charge in [0.25, 0.3) is 0 Å². The molecular formula is C17H23N3O. The lowest BCUT2D eigenvalue weighted by molar-refractivity contribution is -0.121. The first kappa shape index (κ1) is 15.4. The number of hydrogen-bond acceptors (Lipinski definition) is 3. The van der Waals surface area contributed by atoms with Crippen molar-refractivity contribution in [2.75, 3.05) is 13.1 Å². The van der Waals surface area contributed by atoms with Crippen LogP contribution in [-0.4, -0.2) is 24.0 Å². The van der Waals surface area contributed by atoms with E-state index in [1.165, 1.54) is 5.56 Å². The lowest BCUT2D eigenvalue weighted by Crippen LogP contribution is -2.26. The number of nitrogens with zero attached hydrogens (tertiary/aromatic N) is 1. The van der Waals surface area contributed by atoms with Gasteiger partial charge in [-0.05, 0) is 36.9 Å². The second-order valence-corrected chi connectivity index (χ2v) is 5.47. The van der Waals surface area contributed by atoms with Crippen LogP contribution in [0.2, 0.25) is 0 Å². The SMILES string of the molecule is CC(CN)CCC(=O)NCCc1cccc2cccnc12. The maximum atomic E-state index is 11.7. The number of pyridine rings is 1. The third-order valence-electron chi connectivity index (χ3n) is 3.70. The van der Waals surface area contributed by atoms with Crippen molar-refractivity contribution >= 4 is 16.8 Å². The van der Waals surface area contributed by atoms with E-state index < -0.39 is 0 Å². The highest BCUT2D eigenvalue weighted by atomic mass is 16.1. The molecule has 0 saturated carbocycles. The van der Waals surface area contributed by atoms with Gasteiger partial charge < -0.3 is 11.1 Å². The van der Waals surface area contributed by atoms with Gasteiger partial charge in [0.1, 0.15) is 0 Å². The largest absolute Gasteiger partial charge is 0.356 e. The summed E-state index contributed by atoms with van der Waals surface area (Å²) >= 11 is 0. The van der Waals surface area contributed by atoms with Crippen molar-refractivity contribution in [3.63, 3.8) is 0 Å². The van der Waals surface area contributed by atoms with E-state index in [0.29, 0.717) is 25.4 Å². The molecule has 21 heavy (non-hydrogen) atoms. The standard InChI is InChI=1S/C17H23N3O/c1-13(12-18)7-8-16(21)19-11-9-15-5-2-4-14-6-3-10-20-17(14)15/h2-6,10,13H,7-9,11-12,18H2,1H3,(H,19,21). The minimum atomic E-state index is 0.100. The quantitative estimate of drug-likeness (QED) is 0.820. The molecule has 2 rings (SSSR count). The van der Waals surface area contributed by atoms with Gasteiger partial charge in [-0.2, -0.15) is 0 Å². The Bertz CT molecular complexity index is 592. The van der Waals surface area contributed by atoms with Crippen LogP contribution in [0.5, 0.6) is 0 Å².